The molecule has 1 N–H and O–H groups in total. The van der Waals surface area contributed by atoms with Gasteiger partial charge in [-0.25, -0.2) is 4.90 Å². The number of imide groups is 1. The van der Waals surface area contributed by atoms with E-state index in [4.69, 9.17) is 0 Å². The molecule has 0 aliphatic carbocycles. The maximum atomic E-state index is 11.6. The van der Waals surface area contributed by atoms with Crippen molar-refractivity contribution in [2.45, 2.75) is 6.42 Å². The number of nitrogens with one attached hydrogen (secondary N) is 1. The summed E-state index contributed by atoms with van der Waals surface area (Å²) in [6.45, 7) is 4.28. The molecule has 6 heteroatoms. The first-order chi connectivity index (χ1) is 10.1. The molecule has 108 valence electrons. The van der Waals surface area contributed by atoms with E-state index in [-0.39, 0.29) is 24.1 Å². The van der Waals surface area contributed by atoms with Crippen LogP contribution >= 0.6 is 0 Å². The zero-order chi connectivity index (χ0) is 15.2. The van der Waals surface area contributed by atoms with Gasteiger partial charge in [0.2, 0.25) is 5.91 Å². The van der Waals surface area contributed by atoms with E-state index in [1.165, 1.54) is 12.2 Å². The highest BCUT2D eigenvalue weighted by Gasteiger charge is 2.24. The lowest BCUT2D eigenvalue weighted by molar-refractivity contribution is -0.121. The van der Waals surface area contributed by atoms with E-state index in [9.17, 15) is 14.4 Å². The second kappa shape index (κ2) is 6.60. The Morgan fingerprint density at radius 1 is 1.14 bits per heavy atom. The lowest BCUT2D eigenvalue weighted by Gasteiger charge is -2.14. The van der Waals surface area contributed by atoms with Crippen LogP contribution in [-0.4, -0.2) is 37.5 Å². The van der Waals surface area contributed by atoms with Crippen molar-refractivity contribution in [3.63, 3.8) is 0 Å². The van der Waals surface area contributed by atoms with E-state index in [0.717, 1.165) is 10.5 Å². The van der Waals surface area contributed by atoms with Crippen LogP contribution in [0, 0.1) is 0 Å². The van der Waals surface area contributed by atoms with Gasteiger partial charge in [-0.1, -0.05) is 12.1 Å². The summed E-state index contributed by atoms with van der Waals surface area (Å²) in [6.07, 6.45) is 2.70. The first-order valence-electron chi connectivity index (χ1n) is 6.46. The molecule has 1 aliphatic heterocycles. The zero-order valence-corrected chi connectivity index (χ0v) is 11.4. The Balaban J connectivity index is 1.96. The first-order valence-corrected chi connectivity index (χ1v) is 6.46. The van der Waals surface area contributed by atoms with E-state index in [1.807, 2.05) is 0 Å². The van der Waals surface area contributed by atoms with Gasteiger partial charge in [0.25, 0.3) is 11.8 Å². The summed E-state index contributed by atoms with van der Waals surface area (Å²) < 4.78 is 0. The maximum absolute atomic E-state index is 11.6. The number of rotatable bonds is 6. The van der Waals surface area contributed by atoms with Gasteiger partial charge in [-0.3, -0.25) is 19.4 Å². The van der Waals surface area contributed by atoms with Crippen LogP contribution in [0.5, 0.6) is 0 Å². The van der Waals surface area contributed by atoms with Crippen LogP contribution in [0.4, 0.5) is 5.69 Å². The molecule has 0 atom stereocenters. The molecule has 21 heavy (non-hydrogen) atoms. The number of hydrogen-bond acceptors (Lipinski definition) is 4. The lowest BCUT2D eigenvalue weighted by Crippen LogP contribution is -2.29. The topological polar surface area (TPSA) is 78.8 Å². The molecule has 0 saturated carbocycles. The first kappa shape index (κ1) is 14.6. The predicted molar refractivity (Wildman–Crippen MR) is 79.2 cm³/mol. The van der Waals surface area contributed by atoms with Gasteiger partial charge in [-0.2, -0.15) is 0 Å². The maximum Gasteiger partial charge on any atom is 0.258 e. The number of hydrogen-bond donors (Lipinski definition) is 1. The minimum absolute atomic E-state index is 0.110. The minimum Gasteiger partial charge on any atom is -0.354 e. The third-order valence-electron chi connectivity index (χ3n) is 2.96. The Morgan fingerprint density at radius 3 is 2.33 bits per heavy atom. The molecule has 0 spiro atoms. The largest absolute Gasteiger partial charge is 0.354 e. The number of benzene rings is 1. The van der Waals surface area contributed by atoms with Crippen molar-refractivity contribution in [3.05, 3.63) is 42.0 Å². The van der Waals surface area contributed by atoms with Gasteiger partial charge in [0.15, 0.2) is 0 Å². The molecular formula is C15H15N3O3. The fraction of sp³-hybridized carbons (Fsp3) is 0.200. The van der Waals surface area contributed by atoms with E-state index >= 15 is 0 Å². The van der Waals surface area contributed by atoms with Gasteiger partial charge in [0.05, 0.1) is 18.7 Å². The van der Waals surface area contributed by atoms with Crippen molar-refractivity contribution in [1.82, 2.24) is 5.32 Å². The Bertz CT molecular complexity index is 587. The summed E-state index contributed by atoms with van der Waals surface area (Å²) in [5.74, 6) is -0.828. The minimum atomic E-state index is -0.359. The fourth-order valence-corrected chi connectivity index (χ4v) is 1.94. The zero-order valence-electron chi connectivity index (χ0n) is 11.4. The van der Waals surface area contributed by atoms with E-state index in [2.05, 4.69) is 17.0 Å². The second-order valence-corrected chi connectivity index (χ2v) is 4.49. The Labute approximate surface area is 122 Å². The summed E-state index contributed by atoms with van der Waals surface area (Å²) in [4.78, 5) is 39.4. The van der Waals surface area contributed by atoms with Crippen LogP contribution < -0.4 is 10.2 Å². The highest BCUT2D eigenvalue weighted by molar-refractivity contribution is 6.28. The summed E-state index contributed by atoms with van der Waals surface area (Å²) in [5.41, 5.74) is 1.30. The third kappa shape index (κ3) is 3.62. The quantitative estimate of drug-likeness (QED) is 0.469. The molecule has 0 radical (unpaired) electrons. The number of carbonyl (C=O) groups excluding carboxylic acids is 3. The van der Waals surface area contributed by atoms with Gasteiger partial charge in [0, 0.05) is 18.7 Å². The predicted octanol–water partition coefficient (Wildman–Crippen LogP) is 0.475. The third-order valence-corrected chi connectivity index (χ3v) is 2.96. The number of nitrogens with zero attached hydrogens (tertiary/aromatic N) is 2. The molecule has 1 heterocycles. The molecule has 0 unspecified atom stereocenters. The smallest absolute Gasteiger partial charge is 0.258 e. The molecule has 0 fully saturated rings. The molecular weight excluding hydrogens is 270 g/mol. The highest BCUT2D eigenvalue weighted by atomic mass is 16.2. The van der Waals surface area contributed by atoms with Gasteiger partial charge >= 0.3 is 0 Å². The summed E-state index contributed by atoms with van der Waals surface area (Å²) in [5, 5.41) is 2.71. The Kier molecular flexibility index (Phi) is 4.61. The highest BCUT2D eigenvalue weighted by Crippen LogP contribution is 2.19. The molecule has 1 aliphatic rings. The summed E-state index contributed by atoms with van der Waals surface area (Å²) in [6, 6.07) is 6.74. The van der Waals surface area contributed by atoms with E-state index < -0.39 is 0 Å². The molecule has 6 nitrogen and oxygen atoms in total. The van der Waals surface area contributed by atoms with Crippen LogP contribution in [-0.2, 0) is 20.8 Å². The van der Waals surface area contributed by atoms with Crippen LogP contribution in [0.2, 0.25) is 0 Å². The van der Waals surface area contributed by atoms with Crippen molar-refractivity contribution >= 4 is 30.1 Å². The summed E-state index contributed by atoms with van der Waals surface area (Å²) in [7, 11) is 0. The van der Waals surface area contributed by atoms with Gasteiger partial charge < -0.3 is 5.32 Å². The fourth-order valence-electron chi connectivity index (χ4n) is 1.94. The van der Waals surface area contributed by atoms with Gasteiger partial charge in [0.1, 0.15) is 0 Å². The normalized spacial score (nSPS) is 13.6. The molecule has 0 aromatic heterocycles. The summed E-state index contributed by atoms with van der Waals surface area (Å²) >= 11 is 0. The monoisotopic (exact) mass is 285 g/mol. The molecule has 2 rings (SSSR count). The van der Waals surface area contributed by atoms with Crippen LogP contribution in [0.1, 0.15) is 5.56 Å². The van der Waals surface area contributed by atoms with Crippen molar-refractivity contribution in [1.29, 1.82) is 0 Å². The average molecular weight is 285 g/mol. The standard InChI is InChI=1S/C15H15N3O3/c1-16-8-9-17-13(19)10-11-2-4-12(5-3-11)18-14(20)6-7-15(18)21/h2-7H,1,8-10H2,(H,17,19). The molecule has 0 bridgehead atoms. The van der Waals surface area contributed by atoms with Crippen LogP contribution in [0.25, 0.3) is 0 Å². The van der Waals surface area contributed by atoms with Crippen molar-refractivity contribution in [2.75, 3.05) is 18.0 Å². The molecule has 1 aromatic carbocycles. The molecule has 0 saturated heterocycles. The van der Waals surface area contributed by atoms with E-state index in [1.54, 1.807) is 24.3 Å². The Hall–Kier alpha value is -2.76. The van der Waals surface area contributed by atoms with Gasteiger partial charge in [-0.15, -0.1) is 0 Å². The second-order valence-electron chi connectivity index (χ2n) is 4.49. The molecule has 3 amide bonds. The molecule has 1 aromatic rings. The van der Waals surface area contributed by atoms with Crippen molar-refractivity contribution < 1.29 is 14.4 Å². The van der Waals surface area contributed by atoms with Crippen LogP contribution in [0.15, 0.2) is 41.4 Å². The lowest BCUT2D eigenvalue weighted by atomic mass is 10.1. The van der Waals surface area contributed by atoms with Crippen molar-refractivity contribution in [2.24, 2.45) is 4.99 Å². The average Bonchev–Trinajstić information content (AvgIpc) is 2.80. The van der Waals surface area contributed by atoms with Crippen molar-refractivity contribution in [3.8, 4) is 0 Å². The number of carbonyl (C=O) groups is 3. The van der Waals surface area contributed by atoms with Crippen LogP contribution in [0.3, 0.4) is 0 Å². The van der Waals surface area contributed by atoms with E-state index in [0.29, 0.717) is 18.8 Å². The van der Waals surface area contributed by atoms with Gasteiger partial charge in [-0.05, 0) is 24.4 Å². The SMILES string of the molecule is C=NCCNC(=O)Cc1ccc(N2C(=O)C=CC2=O)cc1. The number of aliphatic imine (C=N–C) groups is 1. The number of amides is 3. The number of anilines is 1. The Morgan fingerprint density at radius 2 is 1.76 bits per heavy atom.